The van der Waals surface area contributed by atoms with Crippen molar-refractivity contribution in [2.45, 2.75) is 32.6 Å². The van der Waals surface area contributed by atoms with E-state index in [1.807, 2.05) is 0 Å². The van der Waals surface area contributed by atoms with Crippen LogP contribution in [-0.4, -0.2) is 34.2 Å². The molecule has 0 aliphatic carbocycles. The number of carbonyl (C=O) groups excluding carboxylic acids is 2. The summed E-state index contributed by atoms with van der Waals surface area (Å²) in [5, 5.41) is 12.0. The molecule has 2 aromatic heterocycles. The molecule has 0 saturated carbocycles. The molecular weight excluding hydrogens is 316 g/mol. The normalized spacial score (nSPS) is 10.3. The molecule has 1 N–H and O–H groups in total. The number of aromatic nitrogens is 3. The van der Waals surface area contributed by atoms with Crippen LogP contribution in [0.4, 0.5) is 5.13 Å². The fraction of sp³-hybridized carbons (Fsp3) is 0.400. The lowest BCUT2D eigenvalue weighted by Gasteiger charge is -2.02. The number of anilines is 1. The highest BCUT2D eigenvalue weighted by atomic mass is 32.1. The van der Waals surface area contributed by atoms with Gasteiger partial charge in [-0.1, -0.05) is 31.1 Å². The molecule has 8 heteroatoms. The third kappa shape index (κ3) is 4.82. The average Bonchev–Trinajstić information content (AvgIpc) is 3.02. The van der Waals surface area contributed by atoms with Crippen molar-refractivity contribution in [2.75, 3.05) is 12.4 Å². The molecule has 0 aliphatic rings. The van der Waals surface area contributed by atoms with Crippen molar-refractivity contribution in [1.82, 2.24) is 15.2 Å². The molecule has 0 aromatic carbocycles. The van der Waals surface area contributed by atoms with Crippen LogP contribution in [0.1, 0.15) is 52.0 Å². The van der Waals surface area contributed by atoms with E-state index in [2.05, 4.69) is 32.2 Å². The number of methoxy groups -OCH3 is 1. The molecule has 1 amide bonds. The summed E-state index contributed by atoms with van der Waals surface area (Å²) in [6.45, 7) is 2.14. The molecule has 2 rings (SSSR count). The van der Waals surface area contributed by atoms with Crippen LogP contribution in [-0.2, 0) is 11.2 Å². The first-order valence-corrected chi connectivity index (χ1v) is 8.13. The van der Waals surface area contributed by atoms with E-state index in [-0.39, 0.29) is 11.3 Å². The van der Waals surface area contributed by atoms with Crippen molar-refractivity contribution in [3.63, 3.8) is 0 Å². The molecule has 0 unspecified atom stereocenters. The number of pyridine rings is 1. The van der Waals surface area contributed by atoms with Crippen molar-refractivity contribution in [3.05, 3.63) is 34.6 Å². The van der Waals surface area contributed by atoms with Crippen molar-refractivity contribution >= 4 is 28.3 Å². The van der Waals surface area contributed by atoms with Gasteiger partial charge >= 0.3 is 5.97 Å². The predicted octanol–water partition coefficient (Wildman–Crippen LogP) is 2.70. The molecule has 0 aliphatic heterocycles. The minimum Gasteiger partial charge on any atom is -0.465 e. The summed E-state index contributed by atoms with van der Waals surface area (Å²) >= 11 is 1.36. The van der Waals surface area contributed by atoms with Crippen LogP contribution in [0, 0.1) is 0 Å². The van der Waals surface area contributed by atoms with Crippen molar-refractivity contribution in [2.24, 2.45) is 0 Å². The monoisotopic (exact) mass is 334 g/mol. The smallest absolute Gasteiger partial charge is 0.339 e. The number of ether oxygens (including phenoxy) is 1. The third-order valence-corrected chi connectivity index (χ3v) is 4.00. The Hall–Kier alpha value is -2.35. The fourth-order valence-electron chi connectivity index (χ4n) is 1.86. The zero-order chi connectivity index (χ0) is 16.7. The van der Waals surface area contributed by atoms with Crippen LogP contribution in [0.25, 0.3) is 0 Å². The minimum atomic E-state index is -0.495. The number of aryl methyl sites for hydroxylation is 1. The number of carbonyl (C=O) groups is 2. The van der Waals surface area contributed by atoms with E-state index in [0.717, 1.165) is 30.7 Å². The highest BCUT2D eigenvalue weighted by Crippen LogP contribution is 2.18. The number of rotatable bonds is 7. The van der Waals surface area contributed by atoms with Gasteiger partial charge in [0.25, 0.3) is 5.91 Å². The van der Waals surface area contributed by atoms with E-state index in [9.17, 15) is 9.59 Å². The van der Waals surface area contributed by atoms with Gasteiger partial charge < -0.3 is 4.74 Å². The van der Waals surface area contributed by atoms with Gasteiger partial charge in [0, 0.05) is 12.6 Å². The van der Waals surface area contributed by atoms with Gasteiger partial charge in [0.2, 0.25) is 5.13 Å². The lowest BCUT2D eigenvalue weighted by molar-refractivity contribution is 0.0600. The van der Waals surface area contributed by atoms with Gasteiger partial charge in [0.1, 0.15) is 10.7 Å². The van der Waals surface area contributed by atoms with Crippen LogP contribution in [0.5, 0.6) is 0 Å². The summed E-state index contributed by atoms with van der Waals surface area (Å²) < 4.78 is 4.58. The summed E-state index contributed by atoms with van der Waals surface area (Å²) in [7, 11) is 1.29. The van der Waals surface area contributed by atoms with E-state index in [1.165, 1.54) is 36.8 Å². The first-order valence-electron chi connectivity index (χ1n) is 7.32. The second-order valence-electron chi connectivity index (χ2n) is 4.84. The molecule has 0 saturated heterocycles. The Labute approximate surface area is 138 Å². The van der Waals surface area contributed by atoms with Gasteiger partial charge in [-0.3, -0.25) is 15.1 Å². The Morgan fingerprint density at radius 2 is 2.09 bits per heavy atom. The van der Waals surface area contributed by atoms with Crippen LogP contribution in [0.3, 0.4) is 0 Å². The zero-order valence-corrected chi connectivity index (χ0v) is 13.9. The molecule has 0 radical (unpaired) electrons. The quantitative estimate of drug-likeness (QED) is 0.618. The standard InChI is InChI=1S/C15H18N4O3S/c1-3-4-5-6-12-18-19-15(23-12)17-13(20)11-8-7-10(9-16-11)14(21)22-2/h7-9H,3-6H2,1-2H3,(H,17,19,20). The summed E-state index contributed by atoms with van der Waals surface area (Å²) in [6, 6.07) is 2.95. The zero-order valence-electron chi connectivity index (χ0n) is 13.0. The Kier molecular flexibility index (Phi) is 6.16. The maximum atomic E-state index is 12.1. The van der Waals surface area contributed by atoms with E-state index < -0.39 is 11.9 Å². The number of nitrogens with one attached hydrogen (secondary N) is 1. The molecule has 0 spiro atoms. The van der Waals surface area contributed by atoms with E-state index in [1.54, 1.807) is 0 Å². The van der Waals surface area contributed by atoms with Crippen molar-refractivity contribution < 1.29 is 14.3 Å². The second-order valence-corrected chi connectivity index (χ2v) is 5.90. The predicted molar refractivity (Wildman–Crippen MR) is 86.7 cm³/mol. The number of hydrogen-bond acceptors (Lipinski definition) is 7. The van der Waals surface area contributed by atoms with Crippen LogP contribution >= 0.6 is 11.3 Å². The third-order valence-electron chi connectivity index (χ3n) is 3.10. The van der Waals surface area contributed by atoms with Crippen LogP contribution in [0.15, 0.2) is 18.3 Å². The number of unbranched alkanes of at least 4 members (excludes halogenated alkanes) is 2. The largest absolute Gasteiger partial charge is 0.465 e. The van der Waals surface area contributed by atoms with Gasteiger partial charge in [-0.15, -0.1) is 10.2 Å². The summed E-state index contributed by atoms with van der Waals surface area (Å²) in [4.78, 5) is 27.4. The van der Waals surface area contributed by atoms with Gasteiger partial charge in [0.15, 0.2) is 0 Å². The number of esters is 1. The first-order chi connectivity index (χ1) is 11.1. The molecule has 0 atom stereocenters. The number of hydrogen-bond donors (Lipinski definition) is 1. The molecule has 122 valence electrons. The number of nitrogens with zero attached hydrogens (tertiary/aromatic N) is 3. The van der Waals surface area contributed by atoms with Crippen LogP contribution < -0.4 is 5.32 Å². The van der Waals surface area contributed by atoms with Crippen molar-refractivity contribution in [1.29, 1.82) is 0 Å². The molecule has 0 bridgehead atoms. The molecular formula is C15H18N4O3S. The lowest BCUT2D eigenvalue weighted by Crippen LogP contribution is -2.14. The Morgan fingerprint density at radius 3 is 2.74 bits per heavy atom. The summed E-state index contributed by atoms with van der Waals surface area (Å²) in [5.74, 6) is -0.886. The maximum absolute atomic E-state index is 12.1. The topological polar surface area (TPSA) is 94.1 Å². The molecule has 7 nitrogen and oxygen atoms in total. The van der Waals surface area contributed by atoms with E-state index in [0.29, 0.717) is 5.13 Å². The van der Waals surface area contributed by atoms with Gasteiger partial charge in [-0.25, -0.2) is 4.79 Å². The van der Waals surface area contributed by atoms with Gasteiger partial charge in [0.05, 0.1) is 12.7 Å². The molecule has 2 heterocycles. The molecule has 23 heavy (non-hydrogen) atoms. The fourth-order valence-corrected chi connectivity index (χ4v) is 2.64. The molecule has 2 aromatic rings. The Morgan fingerprint density at radius 1 is 1.26 bits per heavy atom. The Balaban J connectivity index is 1.95. The highest BCUT2D eigenvalue weighted by molar-refractivity contribution is 7.15. The Bertz CT molecular complexity index is 670. The summed E-state index contributed by atoms with van der Waals surface area (Å²) in [5.41, 5.74) is 0.485. The highest BCUT2D eigenvalue weighted by Gasteiger charge is 2.13. The van der Waals surface area contributed by atoms with E-state index >= 15 is 0 Å². The maximum Gasteiger partial charge on any atom is 0.339 e. The van der Waals surface area contributed by atoms with Crippen molar-refractivity contribution in [3.8, 4) is 0 Å². The van der Waals surface area contributed by atoms with Gasteiger partial charge in [-0.2, -0.15) is 0 Å². The number of amides is 1. The molecule has 0 fully saturated rings. The SMILES string of the molecule is CCCCCc1nnc(NC(=O)c2ccc(C(=O)OC)cn2)s1. The first kappa shape index (κ1) is 17.0. The van der Waals surface area contributed by atoms with Crippen LogP contribution in [0.2, 0.25) is 0 Å². The second kappa shape index (κ2) is 8.33. The van der Waals surface area contributed by atoms with Gasteiger partial charge in [-0.05, 0) is 18.6 Å². The average molecular weight is 334 g/mol. The summed E-state index contributed by atoms with van der Waals surface area (Å²) in [6.07, 6.45) is 5.54. The lowest BCUT2D eigenvalue weighted by atomic mass is 10.2. The minimum absolute atomic E-state index is 0.195. The van der Waals surface area contributed by atoms with E-state index in [4.69, 9.17) is 0 Å².